The molecule has 1 atom stereocenters. The minimum atomic E-state index is -4.20. The van der Waals surface area contributed by atoms with Crippen molar-refractivity contribution in [3.8, 4) is 0 Å². The molecule has 1 saturated heterocycles. The lowest BCUT2D eigenvalue weighted by Crippen LogP contribution is -2.45. The summed E-state index contributed by atoms with van der Waals surface area (Å²) < 4.78 is 36.4. The van der Waals surface area contributed by atoms with Crippen molar-refractivity contribution < 1.29 is 18.0 Å². The largest absolute Gasteiger partial charge is 0.390 e. The van der Waals surface area contributed by atoms with E-state index >= 15 is 0 Å². The Labute approximate surface area is 146 Å². The van der Waals surface area contributed by atoms with Gasteiger partial charge in [-0.3, -0.25) is 9.79 Å². The van der Waals surface area contributed by atoms with Gasteiger partial charge in [0.15, 0.2) is 5.96 Å². The molecule has 0 aromatic rings. The number of rotatable bonds is 5. The summed E-state index contributed by atoms with van der Waals surface area (Å²) in [6.07, 6.45) is -3.89. The van der Waals surface area contributed by atoms with E-state index in [2.05, 4.69) is 15.6 Å². The summed E-state index contributed by atoms with van der Waals surface area (Å²) >= 11 is 0. The standard InChI is InChI=1S/C13H23F3N4O.HI/c1-3-11(21)20-8-5-10(9-20)19-12(17-4-2)18-7-6-13(14,15)16;/h10H,3-9H2,1-2H3,(H2,17,18,19);1H. The minimum Gasteiger partial charge on any atom is -0.357 e. The van der Waals surface area contributed by atoms with E-state index < -0.39 is 12.6 Å². The molecule has 1 rings (SSSR count). The molecule has 0 radical (unpaired) electrons. The van der Waals surface area contributed by atoms with E-state index in [4.69, 9.17) is 0 Å². The lowest BCUT2D eigenvalue weighted by atomic mass is 10.3. The van der Waals surface area contributed by atoms with Gasteiger partial charge in [0.1, 0.15) is 0 Å². The average molecular weight is 436 g/mol. The fourth-order valence-electron chi connectivity index (χ4n) is 2.14. The van der Waals surface area contributed by atoms with E-state index in [1.54, 1.807) is 4.90 Å². The molecular weight excluding hydrogens is 412 g/mol. The van der Waals surface area contributed by atoms with E-state index in [0.717, 1.165) is 6.42 Å². The molecule has 1 heterocycles. The molecule has 1 aliphatic rings. The van der Waals surface area contributed by atoms with Crippen LogP contribution in [0.3, 0.4) is 0 Å². The van der Waals surface area contributed by atoms with Crippen LogP contribution < -0.4 is 10.6 Å². The van der Waals surface area contributed by atoms with E-state index in [1.165, 1.54) is 0 Å². The maximum absolute atomic E-state index is 12.1. The van der Waals surface area contributed by atoms with Gasteiger partial charge in [-0.2, -0.15) is 13.2 Å². The van der Waals surface area contributed by atoms with Crippen molar-refractivity contribution in [2.75, 3.05) is 26.2 Å². The van der Waals surface area contributed by atoms with Crippen molar-refractivity contribution in [2.24, 2.45) is 4.99 Å². The Kier molecular flexibility index (Phi) is 9.77. The van der Waals surface area contributed by atoms with Crippen LogP contribution in [0.4, 0.5) is 13.2 Å². The molecule has 1 unspecified atom stereocenters. The minimum absolute atomic E-state index is 0. The van der Waals surface area contributed by atoms with Crippen LogP contribution in [0, 0.1) is 0 Å². The lowest BCUT2D eigenvalue weighted by Gasteiger charge is -2.18. The van der Waals surface area contributed by atoms with Crippen LogP contribution >= 0.6 is 24.0 Å². The van der Waals surface area contributed by atoms with Crippen LogP contribution in [-0.4, -0.2) is 55.2 Å². The number of nitrogens with zero attached hydrogens (tertiary/aromatic N) is 2. The average Bonchev–Trinajstić information content (AvgIpc) is 2.85. The van der Waals surface area contributed by atoms with E-state index in [-0.39, 0.29) is 42.5 Å². The molecule has 0 saturated carbocycles. The third-order valence-corrected chi connectivity index (χ3v) is 3.19. The Balaban J connectivity index is 0.00000441. The maximum atomic E-state index is 12.1. The molecule has 9 heteroatoms. The van der Waals surface area contributed by atoms with Gasteiger partial charge in [-0.1, -0.05) is 6.92 Å². The lowest BCUT2D eigenvalue weighted by molar-refractivity contribution is -0.132. The maximum Gasteiger partial charge on any atom is 0.390 e. The molecule has 1 aliphatic heterocycles. The number of carbonyl (C=O) groups is 1. The normalized spacial score (nSPS) is 18.9. The number of carbonyl (C=O) groups excluding carboxylic acids is 1. The third kappa shape index (κ3) is 8.04. The van der Waals surface area contributed by atoms with E-state index in [0.29, 0.717) is 32.0 Å². The number of hydrogen-bond donors (Lipinski definition) is 2. The first-order valence-electron chi connectivity index (χ1n) is 7.25. The summed E-state index contributed by atoms with van der Waals surface area (Å²) in [7, 11) is 0. The Morgan fingerprint density at radius 2 is 2.05 bits per heavy atom. The highest BCUT2D eigenvalue weighted by molar-refractivity contribution is 14.0. The van der Waals surface area contributed by atoms with Gasteiger partial charge in [-0.05, 0) is 13.3 Å². The summed E-state index contributed by atoms with van der Waals surface area (Å²) in [4.78, 5) is 17.3. The molecule has 2 N–H and O–H groups in total. The predicted molar refractivity (Wildman–Crippen MR) is 90.5 cm³/mol. The highest BCUT2D eigenvalue weighted by Gasteiger charge is 2.27. The molecule has 0 aliphatic carbocycles. The zero-order valence-electron chi connectivity index (χ0n) is 12.9. The number of hydrogen-bond acceptors (Lipinski definition) is 2. The molecular formula is C13H24F3IN4O. The fraction of sp³-hybridized carbons (Fsp3) is 0.846. The molecule has 0 aromatic carbocycles. The number of guanidine groups is 1. The van der Waals surface area contributed by atoms with Gasteiger partial charge < -0.3 is 15.5 Å². The molecule has 1 fully saturated rings. The first kappa shape index (κ1) is 21.3. The summed E-state index contributed by atoms with van der Waals surface area (Å²) in [6, 6.07) is 0.0317. The summed E-state index contributed by atoms with van der Waals surface area (Å²) in [5.74, 6) is 0.468. The zero-order valence-corrected chi connectivity index (χ0v) is 15.2. The fourth-order valence-corrected chi connectivity index (χ4v) is 2.14. The summed E-state index contributed by atoms with van der Waals surface area (Å²) in [5.41, 5.74) is 0. The van der Waals surface area contributed by atoms with Crippen molar-refractivity contribution in [1.82, 2.24) is 15.5 Å². The van der Waals surface area contributed by atoms with E-state index in [1.807, 2.05) is 13.8 Å². The van der Waals surface area contributed by atoms with Crippen molar-refractivity contribution in [2.45, 2.75) is 45.3 Å². The van der Waals surface area contributed by atoms with Gasteiger partial charge in [-0.15, -0.1) is 24.0 Å². The zero-order chi connectivity index (χ0) is 15.9. The highest BCUT2D eigenvalue weighted by Crippen LogP contribution is 2.19. The molecule has 130 valence electrons. The summed E-state index contributed by atoms with van der Waals surface area (Å²) in [5, 5.41) is 6.01. The van der Waals surface area contributed by atoms with Gasteiger partial charge in [-0.25, -0.2) is 0 Å². The molecule has 0 spiro atoms. The van der Waals surface area contributed by atoms with Crippen LogP contribution in [0.15, 0.2) is 4.99 Å². The number of amides is 1. The quantitative estimate of drug-likeness (QED) is 0.395. The number of aliphatic imine (C=N–C) groups is 1. The monoisotopic (exact) mass is 436 g/mol. The van der Waals surface area contributed by atoms with Crippen LogP contribution in [0.25, 0.3) is 0 Å². The number of halogens is 4. The predicted octanol–water partition coefficient (Wildman–Crippen LogP) is 2.12. The number of alkyl halides is 3. The van der Waals surface area contributed by atoms with Crippen molar-refractivity contribution in [1.29, 1.82) is 0 Å². The second kappa shape index (κ2) is 10.1. The van der Waals surface area contributed by atoms with Gasteiger partial charge >= 0.3 is 6.18 Å². The first-order valence-corrected chi connectivity index (χ1v) is 7.25. The number of nitrogens with one attached hydrogen (secondary N) is 2. The van der Waals surface area contributed by atoms with Crippen LogP contribution in [0.2, 0.25) is 0 Å². The second-order valence-electron chi connectivity index (χ2n) is 4.95. The molecule has 0 bridgehead atoms. The Hall–Kier alpha value is -0.740. The SMILES string of the molecule is CCNC(=NCCC(F)(F)F)NC1CCN(C(=O)CC)C1.I. The van der Waals surface area contributed by atoms with Gasteiger partial charge in [0.2, 0.25) is 5.91 Å². The first-order chi connectivity index (χ1) is 9.85. The summed E-state index contributed by atoms with van der Waals surface area (Å²) in [6.45, 7) is 5.17. The Morgan fingerprint density at radius 3 is 2.59 bits per heavy atom. The number of likely N-dealkylation sites (tertiary alicyclic amines) is 1. The van der Waals surface area contributed by atoms with Crippen molar-refractivity contribution in [3.63, 3.8) is 0 Å². The topological polar surface area (TPSA) is 56.7 Å². The molecule has 1 amide bonds. The smallest absolute Gasteiger partial charge is 0.357 e. The Bertz CT molecular complexity index is 377. The highest BCUT2D eigenvalue weighted by atomic mass is 127. The van der Waals surface area contributed by atoms with Crippen LogP contribution in [-0.2, 0) is 4.79 Å². The molecule has 5 nitrogen and oxygen atoms in total. The van der Waals surface area contributed by atoms with Crippen molar-refractivity contribution in [3.05, 3.63) is 0 Å². The van der Waals surface area contributed by atoms with Crippen molar-refractivity contribution >= 4 is 35.8 Å². The molecule has 22 heavy (non-hydrogen) atoms. The van der Waals surface area contributed by atoms with Gasteiger partial charge in [0.05, 0.1) is 13.0 Å². The third-order valence-electron chi connectivity index (χ3n) is 3.19. The van der Waals surface area contributed by atoms with Gasteiger partial charge in [0, 0.05) is 32.1 Å². The van der Waals surface area contributed by atoms with E-state index in [9.17, 15) is 18.0 Å². The second-order valence-corrected chi connectivity index (χ2v) is 4.95. The van der Waals surface area contributed by atoms with Crippen LogP contribution in [0.1, 0.15) is 33.1 Å². The Morgan fingerprint density at radius 1 is 1.36 bits per heavy atom. The van der Waals surface area contributed by atoms with Crippen LogP contribution in [0.5, 0.6) is 0 Å². The molecule has 0 aromatic heterocycles. The van der Waals surface area contributed by atoms with Gasteiger partial charge in [0.25, 0.3) is 0 Å².